The van der Waals surface area contributed by atoms with Crippen molar-refractivity contribution in [2.45, 2.75) is 31.7 Å². The molecule has 3 N–H and O–H groups in total. The minimum Gasteiger partial charge on any atom is -0.369 e. The van der Waals surface area contributed by atoms with Gasteiger partial charge in [-0.1, -0.05) is 0 Å². The molecular formula is C12H22N4O. The topological polar surface area (TPSA) is 82.2 Å². The molecule has 1 unspecified atom stereocenters. The van der Waals surface area contributed by atoms with Gasteiger partial charge in [0.25, 0.3) is 0 Å². The van der Waals surface area contributed by atoms with E-state index in [1.807, 2.05) is 14.0 Å². The number of amides is 1. The molecule has 1 amide bonds. The molecule has 17 heavy (non-hydrogen) atoms. The van der Waals surface area contributed by atoms with Gasteiger partial charge < -0.3 is 16.0 Å². The van der Waals surface area contributed by atoms with Gasteiger partial charge in [0, 0.05) is 12.5 Å². The Morgan fingerprint density at radius 2 is 2.18 bits per heavy atom. The first kappa shape index (κ1) is 13.9. The van der Waals surface area contributed by atoms with Crippen molar-refractivity contribution in [3.63, 3.8) is 0 Å². The van der Waals surface area contributed by atoms with Crippen LogP contribution in [0.2, 0.25) is 0 Å². The van der Waals surface area contributed by atoms with E-state index in [0.29, 0.717) is 0 Å². The number of rotatable bonds is 5. The maximum atomic E-state index is 11.0. The van der Waals surface area contributed by atoms with E-state index in [1.165, 1.54) is 0 Å². The van der Waals surface area contributed by atoms with Gasteiger partial charge in [-0.2, -0.15) is 5.26 Å². The fraction of sp³-hybridized carbons (Fsp3) is 0.833. The fourth-order valence-electron chi connectivity index (χ4n) is 2.06. The average Bonchev–Trinajstić information content (AvgIpc) is 2.36. The minimum atomic E-state index is -0.458. The molecule has 0 spiro atoms. The number of hydrogen-bond donors (Lipinski definition) is 2. The lowest BCUT2D eigenvalue weighted by Gasteiger charge is -2.32. The highest BCUT2D eigenvalue weighted by Crippen LogP contribution is 2.18. The Morgan fingerprint density at radius 3 is 2.59 bits per heavy atom. The maximum Gasteiger partial charge on any atom is 0.220 e. The Morgan fingerprint density at radius 1 is 1.59 bits per heavy atom. The highest BCUT2D eigenvalue weighted by Gasteiger charge is 2.26. The number of carbonyl (C=O) groups is 1. The predicted molar refractivity (Wildman–Crippen MR) is 66.1 cm³/mol. The standard InChI is InChI=1S/C12H22N4O/c1-12(9-13,15-2)5-8-16-6-3-10(4-7-16)11(14)17/h10,15H,3-8H2,1-2H3,(H2,14,17). The van der Waals surface area contributed by atoms with Gasteiger partial charge in [-0.3, -0.25) is 4.79 Å². The zero-order valence-corrected chi connectivity index (χ0v) is 10.7. The third-order valence-corrected chi connectivity index (χ3v) is 3.72. The van der Waals surface area contributed by atoms with Crippen LogP contribution < -0.4 is 11.1 Å². The zero-order valence-electron chi connectivity index (χ0n) is 10.7. The molecule has 1 fully saturated rings. The molecule has 0 aromatic carbocycles. The first-order chi connectivity index (χ1) is 8.00. The number of nitrogens with zero attached hydrogens (tertiary/aromatic N) is 2. The molecular weight excluding hydrogens is 216 g/mol. The minimum absolute atomic E-state index is 0.0397. The highest BCUT2D eigenvalue weighted by molar-refractivity contribution is 5.76. The van der Waals surface area contributed by atoms with Gasteiger partial charge in [0.2, 0.25) is 5.91 Å². The molecule has 0 aromatic heterocycles. The zero-order chi connectivity index (χ0) is 12.9. The van der Waals surface area contributed by atoms with E-state index in [9.17, 15) is 4.79 Å². The number of piperidine rings is 1. The summed E-state index contributed by atoms with van der Waals surface area (Å²) in [4.78, 5) is 13.3. The van der Waals surface area contributed by atoms with E-state index in [1.54, 1.807) is 0 Å². The Balaban J connectivity index is 2.32. The maximum absolute atomic E-state index is 11.0. The van der Waals surface area contributed by atoms with Gasteiger partial charge in [-0.05, 0) is 46.3 Å². The van der Waals surface area contributed by atoms with Crippen LogP contribution in [0.4, 0.5) is 0 Å². The number of carbonyl (C=O) groups excluding carboxylic acids is 1. The number of primary amides is 1. The molecule has 1 atom stereocenters. The van der Waals surface area contributed by atoms with Crippen LogP contribution in [-0.2, 0) is 4.79 Å². The van der Waals surface area contributed by atoms with E-state index in [4.69, 9.17) is 11.0 Å². The van der Waals surface area contributed by atoms with Gasteiger partial charge >= 0.3 is 0 Å². The van der Waals surface area contributed by atoms with Crippen molar-refractivity contribution in [2.24, 2.45) is 11.7 Å². The summed E-state index contributed by atoms with van der Waals surface area (Å²) < 4.78 is 0. The third kappa shape index (κ3) is 3.99. The first-order valence-corrected chi connectivity index (χ1v) is 6.12. The van der Waals surface area contributed by atoms with E-state index in [2.05, 4.69) is 16.3 Å². The molecule has 0 aromatic rings. The number of hydrogen-bond acceptors (Lipinski definition) is 4. The van der Waals surface area contributed by atoms with E-state index < -0.39 is 5.54 Å². The molecule has 96 valence electrons. The monoisotopic (exact) mass is 238 g/mol. The molecule has 5 nitrogen and oxygen atoms in total. The van der Waals surface area contributed by atoms with Crippen molar-refractivity contribution in [1.29, 1.82) is 5.26 Å². The summed E-state index contributed by atoms with van der Waals surface area (Å²) in [5, 5.41) is 12.1. The SMILES string of the molecule is CNC(C)(C#N)CCN1CCC(C(N)=O)CC1. The predicted octanol–water partition coefficient (Wildman–Crippen LogP) is 0.0755. The van der Waals surface area contributed by atoms with Gasteiger partial charge in [0.15, 0.2) is 0 Å². The number of nitriles is 1. The van der Waals surface area contributed by atoms with Gasteiger partial charge in [0.05, 0.1) is 6.07 Å². The van der Waals surface area contributed by atoms with Crippen LogP contribution in [0.3, 0.4) is 0 Å². The van der Waals surface area contributed by atoms with E-state index >= 15 is 0 Å². The number of likely N-dealkylation sites (tertiary alicyclic amines) is 1. The summed E-state index contributed by atoms with van der Waals surface area (Å²) in [7, 11) is 1.81. The van der Waals surface area contributed by atoms with Gasteiger partial charge in [-0.15, -0.1) is 0 Å². The lowest BCUT2D eigenvalue weighted by atomic mass is 9.94. The molecule has 5 heteroatoms. The Labute approximate surface area is 103 Å². The smallest absolute Gasteiger partial charge is 0.220 e. The average molecular weight is 238 g/mol. The van der Waals surface area contributed by atoms with Gasteiger partial charge in [0.1, 0.15) is 5.54 Å². The van der Waals surface area contributed by atoms with Crippen molar-refractivity contribution >= 4 is 5.91 Å². The lowest BCUT2D eigenvalue weighted by molar-refractivity contribution is -0.123. The van der Waals surface area contributed by atoms with Crippen LogP contribution in [0.5, 0.6) is 0 Å². The number of nitrogens with two attached hydrogens (primary N) is 1. The van der Waals surface area contributed by atoms with Crippen LogP contribution in [0.1, 0.15) is 26.2 Å². The normalized spacial score (nSPS) is 21.7. The lowest BCUT2D eigenvalue weighted by Crippen LogP contribution is -2.44. The van der Waals surface area contributed by atoms with Crippen LogP contribution in [0, 0.1) is 17.2 Å². The van der Waals surface area contributed by atoms with Crippen molar-refractivity contribution in [1.82, 2.24) is 10.2 Å². The van der Waals surface area contributed by atoms with Crippen molar-refractivity contribution in [3.05, 3.63) is 0 Å². The largest absolute Gasteiger partial charge is 0.369 e. The molecule has 1 heterocycles. The quantitative estimate of drug-likeness (QED) is 0.710. The summed E-state index contributed by atoms with van der Waals surface area (Å²) in [5.74, 6) is -0.139. The van der Waals surface area contributed by atoms with Gasteiger partial charge in [-0.25, -0.2) is 0 Å². The Kier molecular flexibility index (Phi) is 4.91. The van der Waals surface area contributed by atoms with Crippen molar-refractivity contribution in [3.8, 4) is 6.07 Å². The first-order valence-electron chi connectivity index (χ1n) is 6.12. The van der Waals surface area contributed by atoms with E-state index in [-0.39, 0.29) is 11.8 Å². The van der Waals surface area contributed by atoms with E-state index in [0.717, 1.165) is 38.9 Å². The summed E-state index contributed by atoms with van der Waals surface area (Å²) in [6, 6.07) is 2.28. The van der Waals surface area contributed by atoms with Crippen molar-refractivity contribution < 1.29 is 4.79 Å². The van der Waals surface area contributed by atoms with Crippen LogP contribution >= 0.6 is 0 Å². The molecule has 1 rings (SSSR count). The second-order valence-electron chi connectivity index (χ2n) is 4.96. The summed E-state index contributed by atoms with van der Waals surface area (Å²) >= 11 is 0. The summed E-state index contributed by atoms with van der Waals surface area (Å²) in [6.07, 6.45) is 2.48. The van der Waals surface area contributed by atoms with Crippen LogP contribution in [0.25, 0.3) is 0 Å². The molecule has 0 bridgehead atoms. The molecule has 0 aliphatic carbocycles. The summed E-state index contributed by atoms with van der Waals surface area (Å²) in [6.45, 7) is 4.59. The molecule has 1 saturated heterocycles. The molecule has 0 saturated carbocycles. The van der Waals surface area contributed by atoms with Crippen molar-refractivity contribution in [2.75, 3.05) is 26.7 Å². The number of nitrogens with one attached hydrogen (secondary N) is 1. The molecule has 1 aliphatic rings. The summed E-state index contributed by atoms with van der Waals surface area (Å²) in [5.41, 5.74) is 4.83. The van der Waals surface area contributed by atoms with Crippen LogP contribution in [0.15, 0.2) is 0 Å². The third-order valence-electron chi connectivity index (χ3n) is 3.72. The highest BCUT2D eigenvalue weighted by atomic mass is 16.1. The Bertz CT molecular complexity index is 304. The fourth-order valence-corrected chi connectivity index (χ4v) is 2.06. The second kappa shape index (κ2) is 5.99. The molecule has 1 aliphatic heterocycles. The van der Waals surface area contributed by atoms with Crippen LogP contribution in [-0.4, -0.2) is 43.0 Å². The molecule has 0 radical (unpaired) electrons. The Hall–Kier alpha value is -1.12. The second-order valence-corrected chi connectivity index (χ2v) is 4.96.